The van der Waals surface area contributed by atoms with E-state index in [2.05, 4.69) is 0 Å². The van der Waals surface area contributed by atoms with Crippen molar-refractivity contribution < 1.29 is 0 Å². The largest absolute Gasteiger partial charge is 0.307 e. The van der Waals surface area contributed by atoms with E-state index in [-0.39, 0.29) is 21.7 Å². The first-order valence-electron chi connectivity index (χ1n) is 12.4. The number of rotatable bonds is 0. The van der Waals surface area contributed by atoms with Gasteiger partial charge >= 0.3 is 0 Å². The molecule has 0 radical (unpaired) electrons. The lowest BCUT2D eigenvalue weighted by molar-refractivity contribution is 1.31. The van der Waals surface area contributed by atoms with Crippen LogP contribution in [0.4, 0.5) is 0 Å². The molecule has 0 aliphatic heterocycles. The summed E-state index contributed by atoms with van der Waals surface area (Å²) in [6, 6.07) is 17.9. The maximum absolute atomic E-state index is 13.2. The molecule has 6 heteroatoms. The van der Waals surface area contributed by atoms with Crippen molar-refractivity contribution in [2.24, 2.45) is 0 Å². The molecule has 38 heavy (non-hydrogen) atoms. The molecule has 0 saturated carbocycles. The number of aromatic nitrogens is 2. The molecular formula is C32H16N2O4. The van der Waals surface area contributed by atoms with Gasteiger partial charge in [0.25, 0.3) is 0 Å². The molecule has 6 aromatic heterocycles. The van der Waals surface area contributed by atoms with Gasteiger partial charge in [-0.1, -0.05) is 0 Å². The quantitative estimate of drug-likeness (QED) is 0.301. The third kappa shape index (κ3) is 2.09. The van der Waals surface area contributed by atoms with Gasteiger partial charge in [0.2, 0.25) is 0 Å². The predicted octanol–water partition coefficient (Wildman–Crippen LogP) is 4.92. The van der Waals surface area contributed by atoms with Crippen molar-refractivity contribution in [2.45, 2.75) is 13.8 Å². The molecule has 0 fully saturated rings. The Morgan fingerprint density at radius 1 is 0.368 bits per heavy atom. The van der Waals surface area contributed by atoms with E-state index in [9.17, 15) is 19.2 Å². The fourth-order valence-corrected chi connectivity index (χ4v) is 6.84. The predicted molar refractivity (Wildman–Crippen MR) is 153 cm³/mol. The van der Waals surface area contributed by atoms with Crippen LogP contribution in [0.5, 0.6) is 0 Å². The van der Waals surface area contributed by atoms with E-state index in [0.29, 0.717) is 32.6 Å². The highest BCUT2D eigenvalue weighted by molar-refractivity contribution is 6.23. The van der Waals surface area contributed by atoms with Crippen LogP contribution in [0, 0.1) is 13.8 Å². The Kier molecular flexibility index (Phi) is 3.19. The molecule has 0 amide bonds. The number of nitrogens with zero attached hydrogens (tertiary/aromatic N) is 2. The highest BCUT2D eigenvalue weighted by atomic mass is 16.1. The first-order valence-corrected chi connectivity index (χ1v) is 12.4. The molecule has 0 saturated heterocycles. The summed E-state index contributed by atoms with van der Waals surface area (Å²) in [6.45, 7) is 3.77. The van der Waals surface area contributed by atoms with Gasteiger partial charge in [-0.05, 0) is 61.4 Å². The molecule has 9 rings (SSSR count). The standard InChI is InChI=1S/C32H16N2O4/c1-13-3-19-27(35)9-23-15-7-17-18(8-16(15)24-10-28(36)20(4-13)31(19)33(23)24)26-12-30(38)22-6-14(2)5-21-29(37)11-25(17)34(26)32(21)22/h3-12H,1-2H3. The number of fused-ring (bicyclic) bond motifs is 6. The van der Waals surface area contributed by atoms with Crippen LogP contribution >= 0.6 is 0 Å². The van der Waals surface area contributed by atoms with Gasteiger partial charge in [-0.15, -0.1) is 0 Å². The summed E-state index contributed by atoms with van der Waals surface area (Å²) in [5.74, 6) is 0. The Balaban J connectivity index is 1.60. The smallest absolute Gasteiger partial charge is 0.190 e. The van der Waals surface area contributed by atoms with Gasteiger partial charge in [0, 0.05) is 67.4 Å². The lowest BCUT2D eigenvalue weighted by atomic mass is 10.1. The average molecular weight is 492 g/mol. The van der Waals surface area contributed by atoms with Crippen molar-refractivity contribution in [3.05, 3.63) is 113 Å². The molecule has 0 N–H and O–H groups in total. The second-order valence-electron chi connectivity index (χ2n) is 10.6. The molecular weight excluding hydrogens is 476 g/mol. The van der Waals surface area contributed by atoms with Gasteiger partial charge in [0.05, 0.1) is 33.1 Å². The zero-order valence-corrected chi connectivity index (χ0v) is 20.3. The summed E-state index contributed by atoms with van der Waals surface area (Å²) in [5.41, 5.74) is 5.34. The van der Waals surface area contributed by atoms with Crippen LogP contribution in [0.3, 0.4) is 0 Å². The fraction of sp³-hybridized carbons (Fsp3) is 0.0625. The van der Waals surface area contributed by atoms with E-state index in [0.717, 1.165) is 54.7 Å². The zero-order valence-electron chi connectivity index (χ0n) is 20.3. The molecule has 3 aromatic carbocycles. The summed E-state index contributed by atoms with van der Waals surface area (Å²) < 4.78 is 4.00. The van der Waals surface area contributed by atoms with Gasteiger partial charge in [-0.25, -0.2) is 0 Å². The van der Waals surface area contributed by atoms with E-state index in [1.54, 1.807) is 24.3 Å². The molecule has 178 valence electrons. The molecule has 0 aliphatic carbocycles. The molecule has 0 atom stereocenters. The molecule has 6 heterocycles. The third-order valence-corrected chi connectivity index (χ3v) is 8.31. The third-order valence-electron chi connectivity index (χ3n) is 8.31. The lowest BCUT2D eigenvalue weighted by Gasteiger charge is -2.09. The second-order valence-corrected chi connectivity index (χ2v) is 10.6. The normalized spacial score (nSPS) is 12.9. The van der Waals surface area contributed by atoms with E-state index in [1.165, 1.54) is 0 Å². The topological polar surface area (TPSA) is 77.1 Å². The monoisotopic (exact) mass is 492 g/mol. The summed E-state index contributed by atoms with van der Waals surface area (Å²) in [7, 11) is 0. The minimum Gasteiger partial charge on any atom is -0.307 e. The minimum absolute atomic E-state index is 0.134. The number of aryl methyl sites for hydroxylation is 2. The number of hydrogen-bond donors (Lipinski definition) is 0. The fourth-order valence-electron chi connectivity index (χ4n) is 6.84. The molecule has 0 aliphatic rings. The van der Waals surface area contributed by atoms with E-state index in [1.807, 2.05) is 59.0 Å². The molecule has 0 spiro atoms. The van der Waals surface area contributed by atoms with Gasteiger partial charge < -0.3 is 8.80 Å². The van der Waals surface area contributed by atoms with E-state index < -0.39 is 0 Å². The Bertz CT molecular complexity index is 2400. The van der Waals surface area contributed by atoms with Crippen LogP contribution in [0.1, 0.15) is 11.1 Å². The Labute approximate surface area is 211 Å². The van der Waals surface area contributed by atoms with Crippen molar-refractivity contribution in [1.29, 1.82) is 0 Å². The zero-order chi connectivity index (χ0) is 25.8. The highest BCUT2D eigenvalue weighted by Gasteiger charge is 2.22. The number of benzene rings is 3. The number of hydrogen-bond acceptors (Lipinski definition) is 4. The summed E-state index contributed by atoms with van der Waals surface area (Å²) in [5, 5.41) is 5.39. The second kappa shape index (κ2) is 6.06. The summed E-state index contributed by atoms with van der Waals surface area (Å²) >= 11 is 0. The van der Waals surface area contributed by atoms with Crippen molar-refractivity contribution in [3.63, 3.8) is 0 Å². The first kappa shape index (κ1) is 20.0. The maximum Gasteiger partial charge on any atom is 0.190 e. The molecule has 6 nitrogen and oxygen atoms in total. The van der Waals surface area contributed by atoms with Crippen LogP contribution in [0.15, 0.2) is 79.8 Å². The number of pyridine rings is 4. The first-order chi connectivity index (χ1) is 18.3. The van der Waals surface area contributed by atoms with Gasteiger partial charge in [-0.2, -0.15) is 0 Å². The maximum atomic E-state index is 13.2. The van der Waals surface area contributed by atoms with Gasteiger partial charge in [-0.3, -0.25) is 19.2 Å². The van der Waals surface area contributed by atoms with Crippen molar-refractivity contribution >= 4 is 76.2 Å². The lowest BCUT2D eigenvalue weighted by Crippen LogP contribution is -2.10. The minimum atomic E-state index is -0.134. The van der Waals surface area contributed by atoms with E-state index >= 15 is 0 Å². The van der Waals surface area contributed by atoms with E-state index in [4.69, 9.17) is 0 Å². The average Bonchev–Trinajstić information content (AvgIpc) is 3.34. The van der Waals surface area contributed by atoms with Crippen LogP contribution in [-0.2, 0) is 0 Å². The van der Waals surface area contributed by atoms with Crippen molar-refractivity contribution in [1.82, 2.24) is 8.80 Å². The highest BCUT2D eigenvalue weighted by Crippen LogP contribution is 2.39. The SMILES string of the molecule is Cc1cc2c(=O)cc3c4cc5c(cc4c4cc(=O)c(c1)c2n34)c1cc(=O)c2cc(C)cc3c(=O)cc5n1c32. The Morgan fingerprint density at radius 2 is 0.632 bits per heavy atom. The Hall–Kier alpha value is -5.10. The van der Waals surface area contributed by atoms with Crippen LogP contribution < -0.4 is 21.7 Å². The molecule has 0 unspecified atom stereocenters. The van der Waals surface area contributed by atoms with Crippen molar-refractivity contribution in [2.75, 3.05) is 0 Å². The summed E-state index contributed by atoms with van der Waals surface area (Å²) in [4.78, 5) is 53.0. The Morgan fingerprint density at radius 3 is 0.895 bits per heavy atom. The molecule has 9 aromatic rings. The molecule has 0 bridgehead atoms. The van der Waals surface area contributed by atoms with Crippen molar-refractivity contribution in [3.8, 4) is 0 Å². The van der Waals surface area contributed by atoms with Gasteiger partial charge in [0.15, 0.2) is 21.7 Å². The summed E-state index contributed by atoms with van der Waals surface area (Å²) in [6.07, 6.45) is 0. The van der Waals surface area contributed by atoms with Crippen LogP contribution in [0.2, 0.25) is 0 Å². The van der Waals surface area contributed by atoms with Crippen LogP contribution in [-0.4, -0.2) is 8.80 Å². The van der Waals surface area contributed by atoms with Crippen LogP contribution in [0.25, 0.3) is 76.2 Å². The van der Waals surface area contributed by atoms with Gasteiger partial charge in [0.1, 0.15) is 0 Å².